The van der Waals surface area contributed by atoms with Gasteiger partial charge in [0.05, 0.1) is 0 Å². The molecule has 2 aliphatic heterocycles. The number of fused-ring (bicyclic) bond motifs is 1. The Labute approximate surface area is 123 Å². The lowest BCUT2D eigenvalue weighted by Crippen LogP contribution is -2.53. The summed E-state index contributed by atoms with van der Waals surface area (Å²) in [6.45, 7) is 3.35. The molecule has 2 heterocycles. The van der Waals surface area contributed by atoms with Crippen molar-refractivity contribution in [1.82, 2.24) is 4.90 Å². The Morgan fingerprint density at radius 2 is 2.21 bits per heavy atom. The van der Waals surface area contributed by atoms with E-state index in [1.54, 1.807) is 0 Å². The van der Waals surface area contributed by atoms with Crippen LogP contribution in [-0.2, 0) is 0 Å². The number of hydrogen-bond donors (Lipinski definition) is 1. The molecule has 0 saturated carbocycles. The van der Waals surface area contributed by atoms with E-state index in [1.807, 2.05) is 6.07 Å². The van der Waals surface area contributed by atoms with Crippen molar-refractivity contribution in [2.45, 2.75) is 43.9 Å². The van der Waals surface area contributed by atoms with E-state index in [9.17, 15) is 0 Å². The van der Waals surface area contributed by atoms with Crippen LogP contribution in [0, 0.1) is 0 Å². The average Bonchev–Trinajstić information content (AvgIpc) is 2.34. The van der Waals surface area contributed by atoms with Gasteiger partial charge in [0.15, 0.2) is 0 Å². The molecule has 0 aromatic heterocycles. The highest BCUT2D eigenvalue weighted by atomic mass is 79.9. The predicted octanol–water partition coefficient (Wildman–Crippen LogP) is 3.08. The Morgan fingerprint density at radius 1 is 1.42 bits per heavy atom. The Balaban J connectivity index is 1.91. The molecular weight excluding hydrogens is 304 g/mol. The molecule has 2 aliphatic rings. The molecule has 1 aromatic carbocycles. The summed E-state index contributed by atoms with van der Waals surface area (Å²) < 4.78 is 7.45. The van der Waals surface area contributed by atoms with E-state index in [0.717, 1.165) is 41.6 Å². The van der Waals surface area contributed by atoms with Gasteiger partial charge in [-0.15, -0.1) is 0 Å². The van der Waals surface area contributed by atoms with Crippen LogP contribution in [0.1, 0.15) is 37.8 Å². The van der Waals surface area contributed by atoms with Gasteiger partial charge >= 0.3 is 0 Å². The van der Waals surface area contributed by atoms with Gasteiger partial charge in [-0.3, -0.25) is 0 Å². The maximum Gasteiger partial charge on any atom is 0.126 e. The fourth-order valence-electron chi connectivity index (χ4n) is 3.36. The van der Waals surface area contributed by atoms with Crippen LogP contribution in [0.3, 0.4) is 0 Å². The third kappa shape index (κ3) is 2.41. The highest BCUT2D eigenvalue weighted by Gasteiger charge is 2.43. The lowest BCUT2D eigenvalue weighted by atomic mass is 9.78. The summed E-state index contributed by atoms with van der Waals surface area (Å²) in [5.41, 5.74) is 7.44. The number of rotatable bonds is 0. The third-order valence-electron chi connectivity index (χ3n) is 4.63. The van der Waals surface area contributed by atoms with Gasteiger partial charge in [0.2, 0.25) is 0 Å². The lowest BCUT2D eigenvalue weighted by Gasteiger charge is -2.48. The molecule has 4 heteroatoms. The van der Waals surface area contributed by atoms with Gasteiger partial charge in [-0.05, 0) is 32.5 Å². The van der Waals surface area contributed by atoms with E-state index in [2.05, 4.69) is 46.9 Å². The second-order valence-electron chi connectivity index (χ2n) is 6.06. The minimum atomic E-state index is -0.0703. The molecule has 1 saturated heterocycles. The van der Waals surface area contributed by atoms with Gasteiger partial charge in [-0.25, -0.2) is 0 Å². The molecule has 19 heavy (non-hydrogen) atoms. The molecule has 0 amide bonds. The molecule has 3 rings (SSSR count). The Morgan fingerprint density at radius 3 is 2.95 bits per heavy atom. The first kappa shape index (κ1) is 13.4. The molecule has 3 atom stereocenters. The summed E-state index contributed by atoms with van der Waals surface area (Å²) in [5.74, 6) is 0.963. The van der Waals surface area contributed by atoms with Crippen molar-refractivity contribution in [3.05, 3.63) is 28.2 Å². The Hall–Kier alpha value is -0.580. The maximum atomic E-state index is 6.39. The van der Waals surface area contributed by atoms with Crippen LogP contribution in [0.15, 0.2) is 22.7 Å². The van der Waals surface area contributed by atoms with Crippen molar-refractivity contribution in [1.29, 1.82) is 0 Å². The van der Waals surface area contributed by atoms with Crippen LogP contribution in [0.4, 0.5) is 0 Å². The van der Waals surface area contributed by atoms with E-state index in [0.29, 0.717) is 6.04 Å². The molecule has 1 aromatic rings. The van der Waals surface area contributed by atoms with Crippen molar-refractivity contribution >= 4 is 15.9 Å². The van der Waals surface area contributed by atoms with Crippen LogP contribution in [0.5, 0.6) is 5.75 Å². The third-order valence-corrected chi connectivity index (χ3v) is 5.13. The average molecular weight is 325 g/mol. The summed E-state index contributed by atoms with van der Waals surface area (Å²) in [4.78, 5) is 2.40. The number of ether oxygens (including phenoxy) is 1. The van der Waals surface area contributed by atoms with Crippen LogP contribution in [0.2, 0.25) is 0 Å². The molecule has 3 nitrogen and oxygen atoms in total. The zero-order chi connectivity index (χ0) is 13.6. The second-order valence-corrected chi connectivity index (χ2v) is 6.98. The summed E-state index contributed by atoms with van der Waals surface area (Å²) >= 11 is 3.52. The SMILES string of the molecule is CC1CC2(CCN1C)CC(N)c1ccc(Br)cc1O2. The molecule has 3 unspecified atom stereocenters. The molecule has 1 fully saturated rings. The number of hydrogen-bond acceptors (Lipinski definition) is 3. The van der Waals surface area contributed by atoms with Crippen molar-refractivity contribution < 1.29 is 4.74 Å². The van der Waals surface area contributed by atoms with Crippen LogP contribution >= 0.6 is 15.9 Å². The summed E-state index contributed by atoms with van der Waals surface area (Å²) in [5, 5.41) is 0. The summed E-state index contributed by atoms with van der Waals surface area (Å²) in [7, 11) is 2.19. The van der Waals surface area contributed by atoms with Gasteiger partial charge in [0.1, 0.15) is 11.4 Å². The number of benzene rings is 1. The van der Waals surface area contributed by atoms with E-state index >= 15 is 0 Å². The van der Waals surface area contributed by atoms with Gasteiger partial charge < -0.3 is 15.4 Å². The van der Waals surface area contributed by atoms with Gasteiger partial charge in [-0.1, -0.05) is 22.0 Å². The minimum Gasteiger partial charge on any atom is -0.487 e. The van der Waals surface area contributed by atoms with Crippen molar-refractivity contribution in [3.63, 3.8) is 0 Å². The van der Waals surface area contributed by atoms with E-state index in [-0.39, 0.29) is 11.6 Å². The van der Waals surface area contributed by atoms with E-state index in [4.69, 9.17) is 10.5 Å². The standard InChI is InChI=1S/C15H21BrN2O/c1-10-8-15(5-6-18(10)2)9-13(17)12-4-3-11(16)7-14(12)19-15/h3-4,7,10,13H,5-6,8-9,17H2,1-2H3. The first-order valence-corrected chi connectivity index (χ1v) is 7.73. The number of halogens is 1. The fourth-order valence-corrected chi connectivity index (χ4v) is 3.70. The first-order chi connectivity index (χ1) is 8.99. The number of piperidine rings is 1. The molecule has 0 bridgehead atoms. The largest absolute Gasteiger partial charge is 0.487 e. The van der Waals surface area contributed by atoms with Crippen LogP contribution in [0.25, 0.3) is 0 Å². The zero-order valence-electron chi connectivity index (χ0n) is 11.5. The molecule has 104 valence electrons. The highest BCUT2D eigenvalue weighted by molar-refractivity contribution is 9.10. The van der Waals surface area contributed by atoms with Crippen molar-refractivity contribution in [3.8, 4) is 5.75 Å². The number of nitrogens with zero attached hydrogens (tertiary/aromatic N) is 1. The first-order valence-electron chi connectivity index (χ1n) is 6.93. The number of likely N-dealkylation sites (tertiary alicyclic amines) is 1. The van der Waals surface area contributed by atoms with E-state index < -0.39 is 0 Å². The van der Waals surface area contributed by atoms with Gasteiger partial charge in [0, 0.05) is 41.5 Å². The summed E-state index contributed by atoms with van der Waals surface area (Å²) in [6.07, 6.45) is 3.05. The smallest absolute Gasteiger partial charge is 0.126 e. The number of nitrogens with two attached hydrogens (primary N) is 1. The molecule has 0 aliphatic carbocycles. The van der Waals surface area contributed by atoms with Crippen LogP contribution < -0.4 is 10.5 Å². The lowest BCUT2D eigenvalue weighted by molar-refractivity contribution is -0.0358. The Kier molecular flexibility index (Phi) is 3.36. The molecule has 1 spiro atoms. The highest BCUT2D eigenvalue weighted by Crippen LogP contribution is 2.45. The molecule has 2 N–H and O–H groups in total. The van der Waals surface area contributed by atoms with Crippen molar-refractivity contribution in [2.75, 3.05) is 13.6 Å². The normalized spacial score (nSPS) is 34.9. The fraction of sp³-hybridized carbons (Fsp3) is 0.600. The van der Waals surface area contributed by atoms with Gasteiger partial charge in [-0.2, -0.15) is 0 Å². The minimum absolute atomic E-state index is 0.0703. The molecule has 0 radical (unpaired) electrons. The topological polar surface area (TPSA) is 38.5 Å². The van der Waals surface area contributed by atoms with E-state index in [1.165, 1.54) is 0 Å². The van der Waals surface area contributed by atoms with Crippen LogP contribution in [-0.4, -0.2) is 30.1 Å². The molecular formula is C15H21BrN2O. The van der Waals surface area contributed by atoms with Gasteiger partial charge in [0.25, 0.3) is 0 Å². The Bertz CT molecular complexity index is 493. The zero-order valence-corrected chi connectivity index (χ0v) is 13.1. The monoisotopic (exact) mass is 324 g/mol. The summed E-state index contributed by atoms with van der Waals surface area (Å²) in [6, 6.07) is 6.81. The maximum absolute atomic E-state index is 6.39. The predicted molar refractivity (Wildman–Crippen MR) is 80.4 cm³/mol. The second kappa shape index (κ2) is 4.76. The van der Waals surface area contributed by atoms with Crippen molar-refractivity contribution in [2.24, 2.45) is 5.73 Å². The quantitative estimate of drug-likeness (QED) is 0.797.